The monoisotopic (exact) mass is 374 g/mol. The van der Waals surface area contributed by atoms with E-state index in [2.05, 4.69) is 26.6 Å². The highest BCUT2D eigenvalue weighted by Gasteiger charge is 2.38. The van der Waals surface area contributed by atoms with E-state index < -0.39 is 5.60 Å². The quantitative estimate of drug-likeness (QED) is 0.840. The van der Waals surface area contributed by atoms with Crippen LogP contribution in [0.2, 0.25) is 5.02 Å². The summed E-state index contributed by atoms with van der Waals surface area (Å²) in [5.41, 5.74) is 0.679. The Balaban J connectivity index is 1.74. The molecule has 21 heavy (non-hydrogen) atoms. The van der Waals surface area contributed by atoms with Gasteiger partial charge < -0.3 is 15.4 Å². The second-order valence-corrected chi connectivity index (χ2v) is 7.50. The van der Waals surface area contributed by atoms with Gasteiger partial charge in [-0.25, -0.2) is 4.79 Å². The van der Waals surface area contributed by atoms with Gasteiger partial charge in [-0.3, -0.25) is 0 Å². The Labute approximate surface area is 138 Å². The smallest absolute Gasteiger partial charge is 0.407 e. The van der Waals surface area contributed by atoms with E-state index in [1.807, 2.05) is 39.0 Å². The van der Waals surface area contributed by atoms with Gasteiger partial charge in [-0.15, -0.1) is 0 Å². The van der Waals surface area contributed by atoms with E-state index in [4.69, 9.17) is 16.3 Å². The Morgan fingerprint density at radius 3 is 2.76 bits per heavy atom. The summed E-state index contributed by atoms with van der Waals surface area (Å²) < 4.78 is 6.22. The summed E-state index contributed by atoms with van der Waals surface area (Å²) in [7, 11) is 0. The summed E-state index contributed by atoms with van der Waals surface area (Å²) in [6, 6.07) is 6.16. The zero-order valence-corrected chi connectivity index (χ0v) is 14.7. The van der Waals surface area contributed by atoms with Crippen molar-refractivity contribution in [3.05, 3.63) is 33.3 Å². The lowest BCUT2D eigenvalue weighted by Gasteiger charge is -2.19. The van der Waals surface area contributed by atoms with Crippen molar-refractivity contribution < 1.29 is 9.53 Å². The average Bonchev–Trinajstić information content (AvgIpc) is 3.03. The molecule has 1 saturated carbocycles. The number of halogens is 2. The Morgan fingerprint density at radius 1 is 1.43 bits per heavy atom. The molecule has 1 aliphatic carbocycles. The van der Waals surface area contributed by atoms with Crippen LogP contribution in [0.4, 0.5) is 4.79 Å². The van der Waals surface area contributed by atoms with E-state index in [9.17, 15) is 4.79 Å². The molecule has 1 aromatic carbocycles. The van der Waals surface area contributed by atoms with Crippen LogP contribution in [0.25, 0.3) is 0 Å². The van der Waals surface area contributed by atoms with Crippen LogP contribution in [0.15, 0.2) is 22.7 Å². The maximum Gasteiger partial charge on any atom is 0.407 e. The first kappa shape index (κ1) is 16.6. The van der Waals surface area contributed by atoms with Gasteiger partial charge >= 0.3 is 6.09 Å². The van der Waals surface area contributed by atoms with Gasteiger partial charge in [-0.1, -0.05) is 33.6 Å². The van der Waals surface area contributed by atoms with Crippen molar-refractivity contribution in [1.82, 2.24) is 10.6 Å². The predicted molar refractivity (Wildman–Crippen MR) is 87.6 cm³/mol. The summed E-state index contributed by atoms with van der Waals surface area (Å²) in [5, 5.41) is 6.98. The zero-order chi connectivity index (χ0) is 15.6. The molecule has 4 nitrogen and oxygen atoms in total. The number of nitrogens with one attached hydrogen (secondary N) is 2. The number of hydrogen-bond donors (Lipinski definition) is 2. The van der Waals surface area contributed by atoms with Crippen molar-refractivity contribution in [3.63, 3.8) is 0 Å². The fourth-order valence-corrected chi connectivity index (χ4v) is 2.77. The van der Waals surface area contributed by atoms with Crippen LogP contribution < -0.4 is 10.6 Å². The maximum absolute atomic E-state index is 11.6. The normalized spacial score (nSPS) is 21.0. The molecular weight excluding hydrogens is 356 g/mol. The summed E-state index contributed by atoms with van der Waals surface area (Å²) >= 11 is 9.41. The van der Waals surface area contributed by atoms with E-state index in [0.29, 0.717) is 11.1 Å². The fraction of sp³-hybridized carbons (Fsp3) is 0.533. The highest BCUT2D eigenvalue weighted by atomic mass is 79.9. The van der Waals surface area contributed by atoms with Gasteiger partial charge in [-0.05, 0) is 44.9 Å². The predicted octanol–water partition coefficient (Wildman–Crippen LogP) is 3.86. The number of ether oxygens (including phenoxy) is 1. The molecule has 1 aromatic rings. The first-order valence-corrected chi connectivity index (χ1v) is 8.08. The number of hydrogen-bond acceptors (Lipinski definition) is 3. The van der Waals surface area contributed by atoms with Crippen molar-refractivity contribution in [2.24, 2.45) is 0 Å². The van der Waals surface area contributed by atoms with E-state index >= 15 is 0 Å². The summed E-state index contributed by atoms with van der Waals surface area (Å²) in [6.45, 7) is 6.29. The van der Waals surface area contributed by atoms with Crippen molar-refractivity contribution >= 4 is 33.6 Å². The van der Waals surface area contributed by atoms with Gasteiger partial charge in [-0.2, -0.15) is 0 Å². The Hall–Kier alpha value is -0.780. The molecule has 6 heteroatoms. The van der Waals surface area contributed by atoms with E-state index in [1.165, 1.54) is 0 Å². The minimum Gasteiger partial charge on any atom is -0.444 e. The third-order valence-corrected chi connectivity index (χ3v) is 4.04. The molecule has 0 aromatic heterocycles. The van der Waals surface area contributed by atoms with Crippen molar-refractivity contribution in [1.29, 1.82) is 0 Å². The molecule has 1 fully saturated rings. The molecule has 2 rings (SSSR count). The molecular formula is C15H20BrClN2O2. The van der Waals surface area contributed by atoms with Gasteiger partial charge in [0.25, 0.3) is 0 Å². The molecule has 0 bridgehead atoms. The largest absolute Gasteiger partial charge is 0.444 e. The van der Waals surface area contributed by atoms with Crippen LogP contribution in [-0.4, -0.2) is 23.8 Å². The number of carbonyl (C=O) groups is 1. The van der Waals surface area contributed by atoms with E-state index in [0.717, 1.165) is 23.0 Å². The highest BCUT2D eigenvalue weighted by Crippen LogP contribution is 2.25. The minimum absolute atomic E-state index is 0.144. The number of carbonyl (C=O) groups excluding carboxylic acids is 1. The molecule has 116 valence electrons. The zero-order valence-electron chi connectivity index (χ0n) is 12.4. The summed E-state index contributed by atoms with van der Waals surface area (Å²) in [6.07, 6.45) is 0.564. The van der Waals surface area contributed by atoms with Gasteiger partial charge in [0.2, 0.25) is 0 Å². The van der Waals surface area contributed by atoms with Crippen LogP contribution in [-0.2, 0) is 11.3 Å². The highest BCUT2D eigenvalue weighted by molar-refractivity contribution is 9.10. The number of rotatable bonds is 4. The Kier molecular flexibility index (Phi) is 5.17. The van der Waals surface area contributed by atoms with Crippen molar-refractivity contribution in [3.8, 4) is 0 Å². The number of alkyl carbamates (subject to hydrolysis) is 1. The molecule has 0 aliphatic heterocycles. The van der Waals surface area contributed by atoms with Crippen molar-refractivity contribution in [2.75, 3.05) is 0 Å². The summed E-state index contributed by atoms with van der Waals surface area (Å²) in [4.78, 5) is 11.6. The minimum atomic E-state index is -0.462. The SMILES string of the molecule is CC(C)(C)OC(=O)NC1CC1NCc1ccc(Cl)cc1Br. The fourth-order valence-electron chi connectivity index (χ4n) is 1.95. The first-order chi connectivity index (χ1) is 9.74. The summed E-state index contributed by atoms with van der Waals surface area (Å²) in [5.74, 6) is 0. The van der Waals surface area contributed by atoms with Crippen LogP contribution in [0.1, 0.15) is 32.8 Å². The van der Waals surface area contributed by atoms with Gasteiger partial charge in [0.1, 0.15) is 5.60 Å². The van der Waals surface area contributed by atoms with Crippen LogP contribution >= 0.6 is 27.5 Å². The molecule has 2 N–H and O–H groups in total. The molecule has 0 saturated heterocycles. The number of amides is 1. The van der Waals surface area contributed by atoms with Gasteiger partial charge in [0.05, 0.1) is 0 Å². The van der Waals surface area contributed by atoms with Gasteiger partial charge in [0.15, 0.2) is 0 Å². The molecule has 0 radical (unpaired) electrons. The topological polar surface area (TPSA) is 50.4 Å². The second kappa shape index (κ2) is 6.55. The second-order valence-electron chi connectivity index (χ2n) is 6.21. The lowest BCUT2D eigenvalue weighted by atomic mass is 10.2. The molecule has 2 unspecified atom stereocenters. The molecule has 2 atom stereocenters. The molecule has 0 heterocycles. The molecule has 1 amide bonds. The Bertz CT molecular complexity index is 531. The molecule has 0 spiro atoms. The van der Waals surface area contributed by atoms with Crippen LogP contribution in [0, 0.1) is 0 Å². The Morgan fingerprint density at radius 2 is 2.14 bits per heavy atom. The third kappa shape index (κ3) is 5.49. The molecule has 1 aliphatic rings. The first-order valence-electron chi connectivity index (χ1n) is 6.91. The van der Waals surface area contributed by atoms with Crippen molar-refractivity contribution in [2.45, 2.75) is 51.4 Å². The van der Waals surface area contributed by atoms with Crippen LogP contribution in [0.5, 0.6) is 0 Å². The van der Waals surface area contributed by atoms with E-state index in [-0.39, 0.29) is 12.1 Å². The average molecular weight is 376 g/mol. The number of benzene rings is 1. The third-order valence-electron chi connectivity index (χ3n) is 3.06. The van der Waals surface area contributed by atoms with E-state index in [1.54, 1.807) is 0 Å². The lowest BCUT2D eigenvalue weighted by Crippen LogP contribution is -2.36. The lowest BCUT2D eigenvalue weighted by molar-refractivity contribution is 0.0522. The van der Waals surface area contributed by atoms with Crippen LogP contribution in [0.3, 0.4) is 0 Å². The van der Waals surface area contributed by atoms with Gasteiger partial charge in [0, 0.05) is 28.1 Å². The standard InChI is InChI=1S/C15H20BrClN2O2/c1-15(2,3)21-14(20)19-13-7-12(13)18-8-9-4-5-10(17)6-11(9)16/h4-6,12-13,18H,7-8H2,1-3H3,(H,19,20). The maximum atomic E-state index is 11.6.